The summed E-state index contributed by atoms with van der Waals surface area (Å²) in [6.07, 6.45) is 1.09. The predicted octanol–water partition coefficient (Wildman–Crippen LogP) is 3.23. The van der Waals surface area contributed by atoms with Crippen molar-refractivity contribution < 1.29 is 27.7 Å². The standard InChI is InChI=1S/C22H26Cl2N4O7S/c1-5-18(22(30)25-2)26(12-14-6-8-16(23)17(24)10-14)21(29)13-27(36(4,33)34)19-11-15(28(31)32)7-9-20(19)35-3/h6-11,18H,5,12-13H2,1-4H3,(H,25,30)/t18-/m1/s1. The van der Waals surface area contributed by atoms with Crippen molar-refractivity contribution in [2.45, 2.75) is 25.9 Å². The van der Waals surface area contributed by atoms with Crippen molar-refractivity contribution >= 4 is 56.4 Å². The van der Waals surface area contributed by atoms with Crippen LogP contribution in [0.4, 0.5) is 11.4 Å². The summed E-state index contributed by atoms with van der Waals surface area (Å²) in [5.41, 5.74) is -0.0275. The van der Waals surface area contributed by atoms with Crippen LogP contribution in [-0.2, 0) is 26.2 Å². The van der Waals surface area contributed by atoms with Gasteiger partial charge in [-0.05, 0) is 30.2 Å². The maximum Gasteiger partial charge on any atom is 0.271 e. The largest absolute Gasteiger partial charge is 0.495 e. The molecule has 0 aromatic heterocycles. The number of non-ortho nitro benzene ring substituents is 1. The molecule has 0 saturated carbocycles. The second kappa shape index (κ2) is 12.2. The number of nitro benzene ring substituents is 1. The van der Waals surface area contributed by atoms with Gasteiger partial charge in [-0.2, -0.15) is 0 Å². The topological polar surface area (TPSA) is 139 Å². The molecule has 0 radical (unpaired) electrons. The lowest BCUT2D eigenvalue weighted by atomic mass is 10.1. The highest BCUT2D eigenvalue weighted by Gasteiger charge is 2.33. The van der Waals surface area contributed by atoms with E-state index in [4.69, 9.17) is 27.9 Å². The molecular weight excluding hydrogens is 535 g/mol. The number of nitro groups is 1. The van der Waals surface area contributed by atoms with E-state index in [2.05, 4.69) is 5.32 Å². The Labute approximate surface area is 219 Å². The Balaban J connectivity index is 2.57. The number of hydrogen-bond acceptors (Lipinski definition) is 7. The van der Waals surface area contributed by atoms with Gasteiger partial charge in [-0.3, -0.25) is 24.0 Å². The summed E-state index contributed by atoms with van der Waals surface area (Å²) in [5.74, 6) is -1.17. The van der Waals surface area contributed by atoms with Crippen molar-refractivity contribution in [1.29, 1.82) is 0 Å². The first kappa shape index (κ1) is 29.1. The third kappa shape index (κ3) is 6.99. The van der Waals surface area contributed by atoms with E-state index in [0.29, 0.717) is 14.9 Å². The molecule has 14 heteroatoms. The van der Waals surface area contributed by atoms with Crippen molar-refractivity contribution in [3.05, 3.63) is 62.1 Å². The highest BCUT2D eigenvalue weighted by molar-refractivity contribution is 7.92. The SMILES string of the molecule is CC[C@H](C(=O)NC)N(Cc1ccc(Cl)c(Cl)c1)C(=O)CN(c1cc([N+](=O)[O-])ccc1OC)S(C)(=O)=O. The van der Waals surface area contributed by atoms with Gasteiger partial charge in [-0.1, -0.05) is 36.2 Å². The van der Waals surface area contributed by atoms with E-state index < -0.39 is 45.0 Å². The van der Waals surface area contributed by atoms with Crippen LogP contribution in [0.3, 0.4) is 0 Å². The van der Waals surface area contributed by atoms with E-state index in [0.717, 1.165) is 18.4 Å². The van der Waals surface area contributed by atoms with Crippen molar-refractivity contribution in [2.24, 2.45) is 0 Å². The Morgan fingerprint density at radius 1 is 1.17 bits per heavy atom. The van der Waals surface area contributed by atoms with Gasteiger partial charge >= 0.3 is 0 Å². The van der Waals surface area contributed by atoms with E-state index >= 15 is 0 Å². The molecular formula is C22H26Cl2N4O7S. The summed E-state index contributed by atoms with van der Waals surface area (Å²) in [6, 6.07) is 7.17. The number of ether oxygens (including phenoxy) is 1. The number of halogens is 2. The molecule has 0 bridgehead atoms. The molecule has 11 nitrogen and oxygen atoms in total. The number of benzene rings is 2. The van der Waals surface area contributed by atoms with Gasteiger partial charge in [0.2, 0.25) is 21.8 Å². The molecule has 36 heavy (non-hydrogen) atoms. The number of carbonyl (C=O) groups excluding carboxylic acids is 2. The molecule has 0 aliphatic carbocycles. The summed E-state index contributed by atoms with van der Waals surface area (Å²) in [4.78, 5) is 38.0. The number of nitrogens with one attached hydrogen (secondary N) is 1. The van der Waals surface area contributed by atoms with E-state index in [1.807, 2.05) is 0 Å². The van der Waals surface area contributed by atoms with Gasteiger partial charge in [0, 0.05) is 25.7 Å². The smallest absolute Gasteiger partial charge is 0.271 e. The van der Waals surface area contributed by atoms with E-state index in [1.54, 1.807) is 25.1 Å². The van der Waals surface area contributed by atoms with E-state index in [9.17, 15) is 28.1 Å². The van der Waals surface area contributed by atoms with Crippen LogP contribution in [0, 0.1) is 10.1 Å². The van der Waals surface area contributed by atoms with Crippen LogP contribution in [-0.4, -0.2) is 63.1 Å². The molecule has 0 saturated heterocycles. The van der Waals surface area contributed by atoms with Gasteiger partial charge in [0.05, 0.1) is 28.3 Å². The molecule has 0 aliphatic rings. The number of carbonyl (C=O) groups is 2. The zero-order chi connectivity index (χ0) is 27.2. The quantitative estimate of drug-likeness (QED) is 0.328. The predicted molar refractivity (Wildman–Crippen MR) is 137 cm³/mol. The van der Waals surface area contributed by atoms with Gasteiger partial charge < -0.3 is 15.0 Å². The van der Waals surface area contributed by atoms with Gasteiger partial charge in [0.15, 0.2) is 0 Å². The molecule has 2 rings (SSSR count). The average Bonchev–Trinajstić information content (AvgIpc) is 2.82. The highest BCUT2D eigenvalue weighted by Crippen LogP contribution is 2.34. The number of likely N-dealkylation sites (N-methyl/N-ethyl adjacent to an activating group) is 1. The van der Waals surface area contributed by atoms with Crippen LogP contribution in [0.15, 0.2) is 36.4 Å². The lowest BCUT2D eigenvalue weighted by Gasteiger charge is -2.32. The maximum atomic E-state index is 13.6. The third-order valence-corrected chi connectivity index (χ3v) is 7.16. The maximum absolute atomic E-state index is 13.6. The minimum absolute atomic E-state index is 0.00759. The number of anilines is 1. The van der Waals surface area contributed by atoms with E-state index in [-0.39, 0.29) is 29.4 Å². The monoisotopic (exact) mass is 560 g/mol. The minimum atomic E-state index is -4.12. The lowest BCUT2D eigenvalue weighted by molar-refractivity contribution is -0.384. The van der Waals surface area contributed by atoms with Gasteiger partial charge in [0.25, 0.3) is 5.69 Å². The first-order valence-corrected chi connectivity index (χ1v) is 13.2. The Bertz CT molecular complexity index is 1260. The number of methoxy groups -OCH3 is 1. The second-order valence-electron chi connectivity index (χ2n) is 7.69. The normalized spacial score (nSPS) is 11.9. The van der Waals surface area contributed by atoms with Gasteiger partial charge in [-0.15, -0.1) is 0 Å². The number of amides is 2. The van der Waals surface area contributed by atoms with Crippen LogP contribution < -0.4 is 14.4 Å². The summed E-state index contributed by atoms with van der Waals surface area (Å²) in [7, 11) is -1.43. The molecule has 1 N–H and O–H groups in total. The Hall–Kier alpha value is -3.09. The molecule has 0 spiro atoms. The van der Waals surface area contributed by atoms with Crippen LogP contribution in [0.25, 0.3) is 0 Å². The number of rotatable bonds is 11. The second-order valence-corrected chi connectivity index (χ2v) is 10.4. The van der Waals surface area contributed by atoms with Crippen LogP contribution in [0.5, 0.6) is 5.75 Å². The minimum Gasteiger partial charge on any atom is -0.495 e. The highest BCUT2D eigenvalue weighted by atomic mass is 35.5. The first-order chi connectivity index (χ1) is 16.8. The summed E-state index contributed by atoms with van der Waals surface area (Å²) in [6.45, 7) is 0.878. The fraction of sp³-hybridized carbons (Fsp3) is 0.364. The molecule has 0 heterocycles. The fourth-order valence-corrected chi connectivity index (χ4v) is 4.67. The first-order valence-electron chi connectivity index (χ1n) is 10.6. The number of sulfonamides is 1. The van der Waals surface area contributed by atoms with Gasteiger partial charge in [0.1, 0.15) is 24.0 Å². The van der Waals surface area contributed by atoms with Crippen molar-refractivity contribution in [2.75, 3.05) is 31.3 Å². The Kier molecular flexibility index (Phi) is 9.91. The molecule has 2 aromatic carbocycles. The molecule has 2 amide bonds. The Morgan fingerprint density at radius 3 is 2.33 bits per heavy atom. The summed E-state index contributed by atoms with van der Waals surface area (Å²) >= 11 is 12.1. The number of nitrogens with zero attached hydrogens (tertiary/aromatic N) is 3. The number of hydrogen-bond donors (Lipinski definition) is 1. The summed E-state index contributed by atoms with van der Waals surface area (Å²) in [5, 5.41) is 14.4. The molecule has 2 aromatic rings. The molecule has 1 atom stereocenters. The summed E-state index contributed by atoms with van der Waals surface area (Å²) < 4.78 is 31.4. The fourth-order valence-electron chi connectivity index (χ4n) is 3.50. The van der Waals surface area contributed by atoms with Crippen molar-refractivity contribution in [3.63, 3.8) is 0 Å². The van der Waals surface area contributed by atoms with Crippen LogP contribution in [0.1, 0.15) is 18.9 Å². The van der Waals surface area contributed by atoms with Crippen molar-refractivity contribution in [3.8, 4) is 5.75 Å². The van der Waals surface area contributed by atoms with E-state index in [1.165, 1.54) is 25.1 Å². The van der Waals surface area contributed by atoms with Crippen LogP contribution >= 0.6 is 23.2 Å². The third-order valence-electron chi connectivity index (χ3n) is 5.29. The van der Waals surface area contributed by atoms with Crippen molar-refractivity contribution in [1.82, 2.24) is 10.2 Å². The zero-order valence-electron chi connectivity index (χ0n) is 20.0. The average molecular weight is 561 g/mol. The molecule has 0 unspecified atom stereocenters. The molecule has 0 fully saturated rings. The van der Waals surface area contributed by atoms with Crippen LogP contribution in [0.2, 0.25) is 10.0 Å². The molecule has 0 aliphatic heterocycles. The lowest BCUT2D eigenvalue weighted by Crippen LogP contribution is -2.51. The van der Waals surface area contributed by atoms with Gasteiger partial charge in [-0.25, -0.2) is 8.42 Å². The Morgan fingerprint density at radius 2 is 1.83 bits per heavy atom. The zero-order valence-corrected chi connectivity index (χ0v) is 22.4. The molecule has 196 valence electrons.